The van der Waals surface area contributed by atoms with Crippen LogP contribution >= 0.6 is 11.6 Å². The number of anilines is 1. The number of likely N-dealkylation sites (N-methyl/N-ethyl adjacent to an activating group) is 2. The second-order valence-electron chi connectivity index (χ2n) is 3.50. The Labute approximate surface area is 110 Å². The third-order valence-corrected chi connectivity index (χ3v) is 2.58. The van der Waals surface area contributed by atoms with Gasteiger partial charge in [0.2, 0.25) is 5.91 Å². The van der Waals surface area contributed by atoms with E-state index in [1.54, 1.807) is 11.8 Å². The molecule has 18 heavy (non-hydrogen) atoms. The smallest absolute Gasteiger partial charge is 0.339 e. The minimum absolute atomic E-state index is 0.0187. The van der Waals surface area contributed by atoms with Crippen LogP contribution in [0.4, 0.5) is 5.82 Å². The molecule has 0 saturated heterocycles. The van der Waals surface area contributed by atoms with Crippen molar-refractivity contribution in [1.29, 1.82) is 0 Å². The van der Waals surface area contributed by atoms with E-state index >= 15 is 0 Å². The monoisotopic (exact) mass is 271 g/mol. The number of carbonyl (C=O) groups excluding carboxylic acids is 1. The Kier molecular flexibility index (Phi) is 4.91. The number of hydrogen-bond acceptors (Lipinski definition) is 4. The SMILES string of the molecule is CCN(CC(=O)NC)c1nc(Cl)ccc1C(=O)O. The van der Waals surface area contributed by atoms with Gasteiger partial charge in [-0.2, -0.15) is 0 Å². The van der Waals surface area contributed by atoms with Crippen LogP contribution < -0.4 is 10.2 Å². The van der Waals surface area contributed by atoms with Crippen LogP contribution in [-0.4, -0.2) is 42.1 Å². The molecule has 6 nitrogen and oxygen atoms in total. The minimum Gasteiger partial charge on any atom is -0.478 e. The van der Waals surface area contributed by atoms with E-state index in [0.29, 0.717) is 6.54 Å². The summed E-state index contributed by atoms with van der Waals surface area (Å²) in [5, 5.41) is 11.7. The van der Waals surface area contributed by atoms with Crippen LogP contribution in [0.1, 0.15) is 17.3 Å². The fraction of sp³-hybridized carbons (Fsp3) is 0.364. The molecular weight excluding hydrogens is 258 g/mol. The molecule has 0 aromatic carbocycles. The first-order valence-corrected chi connectivity index (χ1v) is 5.72. The summed E-state index contributed by atoms with van der Waals surface area (Å²) < 4.78 is 0. The van der Waals surface area contributed by atoms with E-state index in [2.05, 4.69) is 10.3 Å². The van der Waals surface area contributed by atoms with Gasteiger partial charge in [-0.25, -0.2) is 9.78 Å². The van der Waals surface area contributed by atoms with Crippen LogP contribution in [0.5, 0.6) is 0 Å². The number of carboxylic acid groups (broad SMARTS) is 1. The third kappa shape index (κ3) is 3.33. The number of aromatic nitrogens is 1. The van der Waals surface area contributed by atoms with Crippen molar-refractivity contribution in [2.45, 2.75) is 6.92 Å². The fourth-order valence-corrected chi connectivity index (χ4v) is 1.57. The van der Waals surface area contributed by atoms with E-state index in [4.69, 9.17) is 16.7 Å². The number of amides is 1. The van der Waals surface area contributed by atoms with Crippen LogP contribution in [-0.2, 0) is 4.79 Å². The first kappa shape index (κ1) is 14.2. The van der Waals surface area contributed by atoms with Crippen LogP contribution in [0.25, 0.3) is 0 Å². The summed E-state index contributed by atoms with van der Waals surface area (Å²) in [6.07, 6.45) is 0. The van der Waals surface area contributed by atoms with Crippen LogP contribution in [0.15, 0.2) is 12.1 Å². The number of nitrogens with one attached hydrogen (secondary N) is 1. The first-order chi connectivity index (χ1) is 8.49. The van der Waals surface area contributed by atoms with Crippen molar-refractivity contribution in [3.63, 3.8) is 0 Å². The van der Waals surface area contributed by atoms with Gasteiger partial charge in [0.05, 0.1) is 6.54 Å². The molecule has 1 aromatic heterocycles. The molecule has 0 spiro atoms. The third-order valence-electron chi connectivity index (χ3n) is 2.37. The van der Waals surface area contributed by atoms with Gasteiger partial charge in [0, 0.05) is 13.6 Å². The molecule has 0 aliphatic carbocycles. The number of pyridine rings is 1. The standard InChI is InChI=1S/C11H14ClN3O3/c1-3-15(6-9(16)13-2)10-7(11(17)18)4-5-8(12)14-10/h4-5H,3,6H2,1-2H3,(H,13,16)(H,17,18). The van der Waals surface area contributed by atoms with Crippen LogP contribution in [0.2, 0.25) is 5.15 Å². The van der Waals surface area contributed by atoms with Crippen molar-refractivity contribution in [2.24, 2.45) is 0 Å². The van der Waals surface area contributed by atoms with Gasteiger partial charge in [-0.1, -0.05) is 11.6 Å². The molecule has 0 radical (unpaired) electrons. The molecule has 0 fully saturated rings. The maximum atomic E-state index is 11.4. The molecular formula is C11H14ClN3O3. The van der Waals surface area contributed by atoms with Crippen LogP contribution in [0.3, 0.4) is 0 Å². The molecule has 0 atom stereocenters. The van der Waals surface area contributed by atoms with Crippen molar-refractivity contribution in [3.05, 3.63) is 22.8 Å². The predicted molar refractivity (Wildman–Crippen MR) is 68.2 cm³/mol. The Morgan fingerprint density at radius 2 is 2.17 bits per heavy atom. The first-order valence-electron chi connectivity index (χ1n) is 5.35. The highest BCUT2D eigenvalue weighted by atomic mass is 35.5. The van der Waals surface area contributed by atoms with Gasteiger partial charge in [0.25, 0.3) is 0 Å². The largest absolute Gasteiger partial charge is 0.478 e. The molecule has 7 heteroatoms. The molecule has 2 N–H and O–H groups in total. The summed E-state index contributed by atoms with van der Waals surface area (Å²) >= 11 is 5.76. The van der Waals surface area contributed by atoms with Gasteiger partial charge in [0.1, 0.15) is 16.5 Å². The lowest BCUT2D eigenvalue weighted by molar-refractivity contribution is -0.119. The van der Waals surface area contributed by atoms with E-state index in [-0.39, 0.29) is 29.0 Å². The average Bonchev–Trinajstić information content (AvgIpc) is 2.35. The number of rotatable bonds is 5. The summed E-state index contributed by atoms with van der Waals surface area (Å²) in [4.78, 5) is 28.0. The highest BCUT2D eigenvalue weighted by Gasteiger charge is 2.18. The number of halogens is 1. The molecule has 0 aliphatic heterocycles. The van der Waals surface area contributed by atoms with Gasteiger partial charge < -0.3 is 15.3 Å². The Balaban J connectivity index is 3.14. The molecule has 1 amide bonds. The topological polar surface area (TPSA) is 82.5 Å². The summed E-state index contributed by atoms with van der Waals surface area (Å²) in [6, 6.07) is 2.78. The van der Waals surface area contributed by atoms with Crippen molar-refractivity contribution in [2.75, 3.05) is 25.0 Å². The number of hydrogen-bond donors (Lipinski definition) is 2. The molecule has 0 saturated carbocycles. The molecule has 1 rings (SSSR count). The summed E-state index contributed by atoms with van der Waals surface area (Å²) in [5.74, 6) is -1.14. The fourth-order valence-electron chi connectivity index (χ4n) is 1.42. The molecule has 0 bridgehead atoms. The van der Waals surface area contributed by atoms with E-state index in [1.807, 2.05) is 0 Å². The zero-order valence-corrected chi connectivity index (χ0v) is 10.9. The maximum Gasteiger partial charge on any atom is 0.339 e. The van der Waals surface area contributed by atoms with Gasteiger partial charge in [-0.15, -0.1) is 0 Å². The quantitative estimate of drug-likeness (QED) is 0.781. The zero-order chi connectivity index (χ0) is 13.7. The summed E-state index contributed by atoms with van der Waals surface area (Å²) in [6.45, 7) is 2.28. The highest BCUT2D eigenvalue weighted by Crippen LogP contribution is 2.20. The van der Waals surface area contributed by atoms with E-state index in [0.717, 1.165) is 0 Å². The number of aromatic carboxylic acids is 1. The van der Waals surface area contributed by atoms with E-state index < -0.39 is 5.97 Å². The maximum absolute atomic E-state index is 11.4. The van der Waals surface area contributed by atoms with E-state index in [1.165, 1.54) is 19.2 Å². The van der Waals surface area contributed by atoms with Crippen molar-refractivity contribution >= 4 is 29.3 Å². The predicted octanol–water partition coefficient (Wildman–Crippen LogP) is 1.01. The second kappa shape index (κ2) is 6.20. The minimum atomic E-state index is -1.11. The average molecular weight is 272 g/mol. The lowest BCUT2D eigenvalue weighted by atomic mass is 10.2. The van der Waals surface area contributed by atoms with Crippen molar-refractivity contribution in [3.8, 4) is 0 Å². The lowest BCUT2D eigenvalue weighted by Gasteiger charge is -2.22. The molecule has 98 valence electrons. The molecule has 0 unspecified atom stereocenters. The molecule has 1 aromatic rings. The molecule has 0 aliphatic rings. The Hall–Kier alpha value is -1.82. The zero-order valence-electron chi connectivity index (χ0n) is 10.1. The van der Waals surface area contributed by atoms with Crippen molar-refractivity contribution in [1.82, 2.24) is 10.3 Å². The summed E-state index contributed by atoms with van der Waals surface area (Å²) in [7, 11) is 1.51. The second-order valence-corrected chi connectivity index (χ2v) is 3.88. The highest BCUT2D eigenvalue weighted by molar-refractivity contribution is 6.29. The van der Waals surface area contributed by atoms with Gasteiger partial charge in [0.15, 0.2) is 0 Å². The van der Waals surface area contributed by atoms with Crippen molar-refractivity contribution < 1.29 is 14.7 Å². The van der Waals surface area contributed by atoms with Gasteiger partial charge in [-0.05, 0) is 19.1 Å². The molecule has 1 heterocycles. The number of carbonyl (C=O) groups is 2. The normalized spacial score (nSPS) is 9.94. The van der Waals surface area contributed by atoms with Gasteiger partial charge >= 0.3 is 5.97 Å². The van der Waals surface area contributed by atoms with Gasteiger partial charge in [-0.3, -0.25) is 4.79 Å². The number of nitrogens with zero attached hydrogens (tertiary/aromatic N) is 2. The lowest BCUT2D eigenvalue weighted by Crippen LogP contribution is -2.36. The Morgan fingerprint density at radius 1 is 1.50 bits per heavy atom. The Bertz CT molecular complexity index is 465. The van der Waals surface area contributed by atoms with Crippen LogP contribution in [0, 0.1) is 0 Å². The van der Waals surface area contributed by atoms with E-state index in [9.17, 15) is 9.59 Å². The Morgan fingerprint density at radius 3 is 2.67 bits per heavy atom. The number of carboxylic acids is 1. The summed E-state index contributed by atoms with van der Waals surface area (Å²) in [5.41, 5.74) is 0.0187.